The van der Waals surface area contributed by atoms with Crippen molar-refractivity contribution in [3.05, 3.63) is 233 Å². The van der Waals surface area contributed by atoms with Crippen molar-refractivity contribution < 1.29 is 105 Å². The highest BCUT2D eigenvalue weighted by Crippen LogP contribution is 2.47. The van der Waals surface area contributed by atoms with Crippen molar-refractivity contribution in [1.82, 2.24) is 0 Å². The van der Waals surface area contributed by atoms with E-state index in [1.165, 1.54) is 33.8 Å². The van der Waals surface area contributed by atoms with Gasteiger partial charge in [-0.25, -0.2) is 0 Å². The summed E-state index contributed by atoms with van der Waals surface area (Å²) in [4.78, 5) is 144. The van der Waals surface area contributed by atoms with Gasteiger partial charge in [0.1, 0.15) is 56.6 Å². The van der Waals surface area contributed by atoms with Crippen LogP contribution >= 0.6 is 0 Å². The molecule has 3 aromatic carbocycles. The number of hydrogen-bond acceptors (Lipinski definition) is 22. The Bertz CT molecular complexity index is 5480. The number of fused-ring (bicyclic) bond motifs is 1. The number of benzene rings is 3. The van der Waals surface area contributed by atoms with Gasteiger partial charge in [0.05, 0.1) is 34.6 Å². The second kappa shape index (κ2) is 43.3. The molecule has 10 aliphatic rings. The summed E-state index contributed by atoms with van der Waals surface area (Å²) in [6.07, 6.45) is 20.3. The van der Waals surface area contributed by atoms with E-state index >= 15 is 0 Å². The van der Waals surface area contributed by atoms with Crippen LogP contribution in [0.25, 0.3) is 0 Å². The summed E-state index contributed by atoms with van der Waals surface area (Å²) in [6, 6.07) is 8.84. The third kappa shape index (κ3) is 26.2. The minimum absolute atomic E-state index is 0.000923. The molecule has 6 aliphatic heterocycles. The van der Waals surface area contributed by atoms with E-state index in [0.29, 0.717) is 145 Å². The van der Waals surface area contributed by atoms with E-state index in [2.05, 4.69) is 53.3 Å². The number of Topliss-reactive ketones (excluding diaryl/α,β-unsaturated/α-hetero) is 7. The highest BCUT2D eigenvalue weighted by Gasteiger charge is 2.42. The minimum Gasteiger partial charge on any atom is -0.493 e. The molecule has 710 valence electrons. The normalized spacial score (nSPS) is 23.9. The fourth-order valence-electron chi connectivity index (χ4n) is 18.1. The molecule has 0 radical (unpaired) electrons. The van der Waals surface area contributed by atoms with Crippen molar-refractivity contribution in [3.63, 3.8) is 0 Å². The molecule has 0 amide bonds. The van der Waals surface area contributed by atoms with Gasteiger partial charge in [0.2, 0.25) is 0 Å². The number of aryl methyl sites for hydroxylation is 1. The number of hydrogen-bond donors (Lipinski definition) is 0. The second-order valence-electron chi connectivity index (χ2n) is 38.5. The first-order chi connectivity index (χ1) is 61.4. The predicted octanol–water partition coefficient (Wildman–Crippen LogP) is 23.5. The average molecular weight is 1810 g/mol. The highest BCUT2D eigenvalue weighted by atomic mass is 16.6. The van der Waals surface area contributed by atoms with E-state index in [4.69, 9.17) is 47.4 Å². The van der Waals surface area contributed by atoms with Crippen LogP contribution in [0.2, 0.25) is 0 Å². The number of esters is 4. The summed E-state index contributed by atoms with van der Waals surface area (Å²) in [6.45, 7) is 65.9. The topological polar surface area (TPSA) is 297 Å². The largest absolute Gasteiger partial charge is 0.493 e. The minimum atomic E-state index is -0.379. The Morgan fingerprint density at radius 1 is 0.311 bits per heavy atom. The van der Waals surface area contributed by atoms with Gasteiger partial charge in [0.15, 0.2) is 46.3 Å². The number of rotatable bonds is 22. The maximum absolute atomic E-state index is 12.7. The molecule has 0 N–H and O–H groups in total. The van der Waals surface area contributed by atoms with Gasteiger partial charge < -0.3 is 47.4 Å². The molecule has 132 heavy (non-hydrogen) atoms. The molecule has 6 heterocycles. The zero-order valence-corrected chi connectivity index (χ0v) is 82.7. The molecule has 0 bridgehead atoms. The van der Waals surface area contributed by atoms with Crippen molar-refractivity contribution >= 4 is 70.1 Å². The number of ether oxygens (including phenoxy) is 10. The predicted molar refractivity (Wildman–Crippen MR) is 509 cm³/mol. The fourth-order valence-corrected chi connectivity index (χ4v) is 18.1. The number of allylic oxidation sites excluding steroid dienone is 20. The zero-order chi connectivity index (χ0) is 98.7. The zero-order valence-electron chi connectivity index (χ0n) is 82.7. The molecule has 6 saturated heterocycles. The van der Waals surface area contributed by atoms with E-state index in [9.17, 15) is 57.5 Å². The van der Waals surface area contributed by atoms with Gasteiger partial charge in [-0.1, -0.05) is 63.7 Å². The first-order valence-corrected chi connectivity index (χ1v) is 45.9. The van der Waals surface area contributed by atoms with Crippen LogP contribution in [-0.2, 0) is 89.2 Å². The quantitative estimate of drug-likeness (QED) is 0.0513. The molecule has 6 unspecified atom stereocenters. The molecule has 6 fully saturated rings. The lowest BCUT2D eigenvalue weighted by molar-refractivity contribution is -0.133. The van der Waals surface area contributed by atoms with Gasteiger partial charge >= 0.3 is 23.9 Å². The third-order valence-electron chi connectivity index (χ3n) is 27.5. The average Bonchev–Trinajstić information content (AvgIpc) is 1.64. The van der Waals surface area contributed by atoms with Gasteiger partial charge in [0.25, 0.3) is 0 Å². The van der Waals surface area contributed by atoms with E-state index in [1.54, 1.807) is 92.6 Å². The van der Waals surface area contributed by atoms with Crippen LogP contribution in [0.1, 0.15) is 332 Å². The van der Waals surface area contributed by atoms with Crippen LogP contribution in [-0.4, -0.2) is 104 Å². The highest BCUT2D eigenvalue weighted by molar-refractivity contribution is 6.27. The molecule has 22 nitrogen and oxygen atoms in total. The molecule has 0 spiro atoms. The first kappa shape index (κ1) is 106. The molecular formula is C110H138O22. The van der Waals surface area contributed by atoms with Crippen LogP contribution in [0, 0.1) is 34.6 Å². The van der Waals surface area contributed by atoms with Gasteiger partial charge in [-0.05, 0) is 300 Å². The summed E-state index contributed by atoms with van der Waals surface area (Å²) in [5.74, 6) is 5.45. The third-order valence-corrected chi connectivity index (χ3v) is 27.5. The van der Waals surface area contributed by atoms with Crippen LogP contribution < -0.4 is 18.9 Å². The van der Waals surface area contributed by atoms with E-state index in [0.717, 1.165) is 189 Å². The fraction of sp³-hybridized carbons (Fsp3) is 0.491. The Labute approximate surface area is 780 Å². The van der Waals surface area contributed by atoms with Gasteiger partial charge in [0, 0.05) is 155 Å². The molecule has 6 atom stereocenters. The standard InChI is InChI=1S/C21H28O5.C20H26O5.C19H20O3.2C17H22O3.C16H20O3/c1-12-8-10-21(7,26-12)11-9-18-15(4)19(24-16(5)22)13(2)14(3)20(18)25-17(6)23;1-12-7-9-20(6,25-12)10-8-17-11-18(23-15(4)21)13(2)14(3)19(17)24-16(5)22;1-12-8-10-19(3,22-12)11-9-14-13(2)17(20)15-6-4-5-7-16(15)18(14)21;2*1-10-6-8-17(5,20-10)9-7-14-13(4)15(18)11(2)12(3)16(14)19;1-10-5-7-16(4,19-10)8-6-13-9-14(17)11(2)12(3)15(13)18/h1,8-11H2,2-7H3;11H,1,7-10H2,2-6H3;4-7H,1,8-11H2,2-3H3;2*1,6-9H2,2-5H3;9H,1,5-8H2,2-4H3. The van der Waals surface area contributed by atoms with Crippen molar-refractivity contribution in [1.29, 1.82) is 0 Å². The molecule has 3 aromatic rings. The van der Waals surface area contributed by atoms with Crippen LogP contribution in [0.4, 0.5) is 0 Å². The van der Waals surface area contributed by atoms with Crippen LogP contribution in [0.3, 0.4) is 0 Å². The van der Waals surface area contributed by atoms with E-state index in [1.807, 2.05) is 62.3 Å². The van der Waals surface area contributed by atoms with Gasteiger partial charge in [-0.2, -0.15) is 0 Å². The second-order valence-corrected chi connectivity index (χ2v) is 38.5. The van der Waals surface area contributed by atoms with Crippen molar-refractivity contribution in [2.24, 2.45) is 0 Å². The summed E-state index contributed by atoms with van der Waals surface area (Å²) in [5.41, 5.74) is 12.9. The summed E-state index contributed by atoms with van der Waals surface area (Å²) < 4.78 is 56.5. The summed E-state index contributed by atoms with van der Waals surface area (Å²) in [7, 11) is 0. The molecule has 0 saturated carbocycles. The SMILES string of the molecule is C=C1CCC(C)(CCC2=C(C)C(=O)C(C)=C(C)C2=O)O1.C=C1CCC(C)(CCC2=C(C)C(=O)C(C)=C(C)C2=O)O1.C=C1CCC(C)(CCC2=C(C)C(=O)c3ccccc3C2=O)O1.C=C1CCC(C)(CCC2=CC(=O)C(C)=C(C)C2=O)O1.C=C1CCC(C)(CCc2c(C)c(OC(C)=O)c(C)c(C)c2OC(C)=O)O1.C=C1CCC(C)(CCc2cc(OC(C)=O)c(C)c(C)c2OC(C)=O)O1. The molecule has 13 rings (SSSR count). The summed E-state index contributed by atoms with van der Waals surface area (Å²) >= 11 is 0. The molecule has 4 aliphatic carbocycles. The summed E-state index contributed by atoms with van der Waals surface area (Å²) in [5, 5.41) is 0. The Morgan fingerprint density at radius 3 is 0.955 bits per heavy atom. The lowest BCUT2D eigenvalue weighted by Gasteiger charge is -2.26. The van der Waals surface area contributed by atoms with Gasteiger partial charge in [-0.15, -0.1) is 0 Å². The number of carbonyl (C=O) groups excluding carboxylic acids is 12. The van der Waals surface area contributed by atoms with Crippen molar-refractivity contribution in [3.8, 4) is 23.0 Å². The lowest BCUT2D eigenvalue weighted by Crippen LogP contribution is -2.26. The maximum atomic E-state index is 12.7. The van der Waals surface area contributed by atoms with Crippen molar-refractivity contribution in [2.45, 2.75) is 354 Å². The Balaban J connectivity index is 0.000000196. The Morgan fingerprint density at radius 2 is 0.598 bits per heavy atom. The number of carbonyl (C=O) groups is 12. The molecule has 22 heteroatoms. The molecular weight excluding hydrogens is 1670 g/mol. The van der Waals surface area contributed by atoms with Crippen LogP contribution in [0.5, 0.6) is 23.0 Å². The Kier molecular flexibility index (Phi) is 34.7. The first-order valence-electron chi connectivity index (χ1n) is 45.9. The number of ketones is 8. The monoisotopic (exact) mass is 1810 g/mol. The smallest absolute Gasteiger partial charge is 0.308 e. The van der Waals surface area contributed by atoms with Gasteiger partial charge in [-0.3, -0.25) is 57.5 Å². The molecule has 0 aromatic heterocycles. The Hall–Kier alpha value is -11.7. The van der Waals surface area contributed by atoms with Crippen LogP contribution in [0.15, 0.2) is 183 Å². The van der Waals surface area contributed by atoms with E-state index < -0.39 is 0 Å². The van der Waals surface area contributed by atoms with E-state index in [-0.39, 0.29) is 104 Å². The maximum Gasteiger partial charge on any atom is 0.308 e. The van der Waals surface area contributed by atoms with Crippen molar-refractivity contribution in [2.75, 3.05) is 0 Å². The lowest BCUT2D eigenvalue weighted by atomic mass is 9.81.